The van der Waals surface area contributed by atoms with E-state index in [9.17, 15) is 0 Å². The van der Waals surface area contributed by atoms with E-state index in [1.807, 2.05) is 13.1 Å². The molecule has 0 amide bonds. The number of aliphatic hydroxyl groups excluding tert-OH is 1. The molecule has 0 saturated carbocycles. The summed E-state index contributed by atoms with van der Waals surface area (Å²) in [5.41, 5.74) is 1.59. The molecule has 1 rings (SSSR count). The van der Waals surface area contributed by atoms with Crippen molar-refractivity contribution < 1.29 is 5.11 Å². The molecule has 1 aromatic rings. The number of rotatable bonds is 2. The van der Waals surface area contributed by atoms with Crippen LogP contribution in [0.3, 0.4) is 0 Å². The van der Waals surface area contributed by atoms with Crippen molar-refractivity contribution in [3.05, 3.63) is 34.3 Å². The van der Waals surface area contributed by atoms with Crippen LogP contribution in [0.5, 0.6) is 0 Å². The van der Waals surface area contributed by atoms with Gasteiger partial charge in [-0.3, -0.25) is 0 Å². The van der Waals surface area contributed by atoms with E-state index in [1.54, 1.807) is 12.1 Å². The van der Waals surface area contributed by atoms with Crippen LogP contribution in [0.25, 0.3) is 0 Å². The van der Waals surface area contributed by atoms with Crippen molar-refractivity contribution in [3.8, 4) is 11.8 Å². The summed E-state index contributed by atoms with van der Waals surface area (Å²) in [6.07, 6.45) is 0. The van der Waals surface area contributed by atoms with Crippen LogP contribution in [0.1, 0.15) is 11.1 Å². The number of aliphatic hydroxyl groups is 1. The molecule has 14 heavy (non-hydrogen) atoms. The highest BCUT2D eigenvalue weighted by Gasteiger charge is 1.98. The predicted octanol–water partition coefficient (Wildman–Crippen LogP) is 1.40. The van der Waals surface area contributed by atoms with Crippen molar-refractivity contribution in [3.63, 3.8) is 0 Å². The molecule has 0 radical (unpaired) electrons. The fourth-order valence-electron chi connectivity index (χ4n) is 1.04. The van der Waals surface area contributed by atoms with Crippen molar-refractivity contribution in [1.82, 2.24) is 5.32 Å². The molecule has 2 N–H and O–H groups in total. The summed E-state index contributed by atoms with van der Waals surface area (Å²) in [5, 5.41) is 12.6. The second kappa shape index (κ2) is 5.66. The SMILES string of the molecule is CNCC#Cc1ccc(Cl)cc1CO. The number of hydrogen-bond donors (Lipinski definition) is 2. The lowest BCUT2D eigenvalue weighted by atomic mass is 10.1. The van der Waals surface area contributed by atoms with Gasteiger partial charge in [0, 0.05) is 10.6 Å². The monoisotopic (exact) mass is 209 g/mol. The Labute approximate surface area is 88.9 Å². The first kappa shape index (κ1) is 11.1. The minimum atomic E-state index is -0.0376. The van der Waals surface area contributed by atoms with Gasteiger partial charge in [0.25, 0.3) is 0 Å². The lowest BCUT2D eigenvalue weighted by Crippen LogP contribution is -2.04. The van der Waals surface area contributed by atoms with E-state index in [0.29, 0.717) is 11.6 Å². The van der Waals surface area contributed by atoms with Crippen LogP contribution in [0.2, 0.25) is 5.02 Å². The molecule has 1 aromatic carbocycles. The molecule has 0 bridgehead atoms. The van der Waals surface area contributed by atoms with Crippen LogP contribution < -0.4 is 5.32 Å². The Morgan fingerprint density at radius 2 is 2.29 bits per heavy atom. The molecule has 2 nitrogen and oxygen atoms in total. The van der Waals surface area contributed by atoms with Crippen LogP contribution in [-0.2, 0) is 6.61 Å². The van der Waals surface area contributed by atoms with Crippen LogP contribution >= 0.6 is 11.6 Å². The van der Waals surface area contributed by atoms with Crippen LogP contribution in [0.15, 0.2) is 18.2 Å². The quantitative estimate of drug-likeness (QED) is 0.722. The molecule has 0 aliphatic heterocycles. The largest absolute Gasteiger partial charge is 0.392 e. The van der Waals surface area contributed by atoms with Crippen LogP contribution in [0.4, 0.5) is 0 Å². The summed E-state index contributed by atoms with van der Waals surface area (Å²) in [5.74, 6) is 5.89. The maximum atomic E-state index is 9.06. The van der Waals surface area contributed by atoms with Crippen molar-refractivity contribution in [2.45, 2.75) is 6.61 Å². The zero-order chi connectivity index (χ0) is 10.4. The van der Waals surface area contributed by atoms with Gasteiger partial charge in [-0.05, 0) is 30.8 Å². The molecule has 0 fully saturated rings. The maximum absolute atomic E-state index is 9.06. The minimum absolute atomic E-state index is 0.0376. The standard InChI is InChI=1S/C11H12ClNO/c1-13-6-2-3-9-4-5-11(12)7-10(9)8-14/h4-5,7,13-14H,6,8H2,1H3. The highest BCUT2D eigenvalue weighted by atomic mass is 35.5. The van der Waals surface area contributed by atoms with E-state index in [-0.39, 0.29) is 6.61 Å². The van der Waals surface area contributed by atoms with Gasteiger partial charge in [0.1, 0.15) is 0 Å². The molecular formula is C11H12ClNO. The molecule has 0 aliphatic rings. The normalized spacial score (nSPS) is 9.36. The Balaban J connectivity index is 2.92. The van der Waals surface area contributed by atoms with E-state index < -0.39 is 0 Å². The second-order valence-corrected chi connectivity index (χ2v) is 3.23. The van der Waals surface area contributed by atoms with Crippen LogP contribution in [0, 0.1) is 11.8 Å². The Hall–Kier alpha value is -1.01. The Morgan fingerprint density at radius 3 is 2.93 bits per heavy atom. The summed E-state index contributed by atoms with van der Waals surface area (Å²) in [4.78, 5) is 0. The van der Waals surface area contributed by atoms with E-state index in [0.717, 1.165) is 11.1 Å². The number of halogens is 1. The second-order valence-electron chi connectivity index (χ2n) is 2.79. The fraction of sp³-hybridized carbons (Fsp3) is 0.273. The third-order valence-corrected chi connectivity index (χ3v) is 1.96. The Morgan fingerprint density at radius 1 is 1.50 bits per heavy atom. The van der Waals surface area contributed by atoms with Gasteiger partial charge in [0.2, 0.25) is 0 Å². The molecule has 0 unspecified atom stereocenters. The van der Waals surface area contributed by atoms with Crippen molar-refractivity contribution in [2.75, 3.05) is 13.6 Å². The van der Waals surface area contributed by atoms with Gasteiger partial charge in [-0.1, -0.05) is 23.4 Å². The summed E-state index contributed by atoms with van der Waals surface area (Å²) < 4.78 is 0. The zero-order valence-electron chi connectivity index (χ0n) is 7.97. The summed E-state index contributed by atoms with van der Waals surface area (Å²) in [7, 11) is 1.84. The molecule has 74 valence electrons. The molecule has 0 aromatic heterocycles. The van der Waals surface area contributed by atoms with Gasteiger partial charge >= 0.3 is 0 Å². The first-order valence-corrected chi connectivity index (χ1v) is 4.68. The van der Waals surface area contributed by atoms with Gasteiger partial charge in [-0.2, -0.15) is 0 Å². The average molecular weight is 210 g/mol. The number of hydrogen-bond acceptors (Lipinski definition) is 2. The zero-order valence-corrected chi connectivity index (χ0v) is 8.73. The van der Waals surface area contributed by atoms with Gasteiger partial charge in [-0.15, -0.1) is 0 Å². The molecule has 0 heterocycles. The van der Waals surface area contributed by atoms with E-state index in [4.69, 9.17) is 16.7 Å². The smallest absolute Gasteiger partial charge is 0.0694 e. The third kappa shape index (κ3) is 3.04. The molecular weight excluding hydrogens is 198 g/mol. The highest BCUT2D eigenvalue weighted by Crippen LogP contribution is 2.15. The maximum Gasteiger partial charge on any atom is 0.0694 e. The summed E-state index contributed by atoms with van der Waals surface area (Å²) in [6, 6.07) is 5.31. The molecule has 0 aliphatic carbocycles. The fourth-order valence-corrected chi connectivity index (χ4v) is 1.24. The molecule has 0 atom stereocenters. The van der Waals surface area contributed by atoms with E-state index in [2.05, 4.69) is 17.2 Å². The van der Waals surface area contributed by atoms with Crippen molar-refractivity contribution in [2.24, 2.45) is 0 Å². The lowest BCUT2D eigenvalue weighted by Gasteiger charge is -2.00. The first-order valence-electron chi connectivity index (χ1n) is 4.30. The topological polar surface area (TPSA) is 32.3 Å². The number of benzene rings is 1. The minimum Gasteiger partial charge on any atom is -0.392 e. The van der Waals surface area contributed by atoms with Gasteiger partial charge < -0.3 is 10.4 Å². The summed E-state index contributed by atoms with van der Waals surface area (Å²) in [6.45, 7) is 0.595. The Kier molecular flexibility index (Phi) is 4.48. The van der Waals surface area contributed by atoms with E-state index >= 15 is 0 Å². The van der Waals surface area contributed by atoms with Gasteiger partial charge in [0.15, 0.2) is 0 Å². The molecule has 3 heteroatoms. The Bertz CT molecular complexity index is 365. The van der Waals surface area contributed by atoms with Gasteiger partial charge in [0.05, 0.1) is 13.2 Å². The lowest BCUT2D eigenvalue weighted by molar-refractivity contribution is 0.281. The third-order valence-electron chi connectivity index (χ3n) is 1.73. The summed E-state index contributed by atoms with van der Waals surface area (Å²) >= 11 is 5.79. The van der Waals surface area contributed by atoms with E-state index in [1.165, 1.54) is 0 Å². The van der Waals surface area contributed by atoms with Crippen LogP contribution in [-0.4, -0.2) is 18.7 Å². The van der Waals surface area contributed by atoms with Gasteiger partial charge in [-0.25, -0.2) is 0 Å². The average Bonchev–Trinajstić information content (AvgIpc) is 2.20. The predicted molar refractivity (Wildman–Crippen MR) is 58.2 cm³/mol. The van der Waals surface area contributed by atoms with Crippen molar-refractivity contribution >= 4 is 11.6 Å². The number of nitrogens with one attached hydrogen (secondary N) is 1. The highest BCUT2D eigenvalue weighted by molar-refractivity contribution is 6.30. The molecule has 0 saturated heterocycles. The molecule has 0 spiro atoms. The van der Waals surface area contributed by atoms with Crippen molar-refractivity contribution in [1.29, 1.82) is 0 Å². The first-order chi connectivity index (χ1) is 6.77.